The number of rotatable bonds is 3. The summed E-state index contributed by atoms with van der Waals surface area (Å²) < 4.78 is 5.38. The summed E-state index contributed by atoms with van der Waals surface area (Å²) in [5.74, 6) is 1.64. The van der Waals surface area contributed by atoms with Gasteiger partial charge >= 0.3 is 0 Å². The van der Waals surface area contributed by atoms with E-state index in [1.807, 2.05) is 6.07 Å². The van der Waals surface area contributed by atoms with Crippen LogP contribution in [0.3, 0.4) is 0 Å². The molecule has 114 valence electrons. The van der Waals surface area contributed by atoms with Crippen molar-refractivity contribution >= 4 is 11.7 Å². The number of nitrogens with zero attached hydrogens (tertiary/aromatic N) is 1. The monoisotopic (exact) mass is 296 g/mol. The highest BCUT2D eigenvalue weighted by Crippen LogP contribution is 2.49. The Morgan fingerprint density at radius 2 is 2.09 bits per heavy atom. The molecule has 1 N–H and O–H groups in total. The maximum atomic E-state index is 12.8. The number of aryl methyl sites for hydroxylation is 2. The third-order valence-corrected chi connectivity index (χ3v) is 4.94. The Bertz CT molecular complexity index is 728. The lowest BCUT2D eigenvalue weighted by atomic mass is 9.93. The van der Waals surface area contributed by atoms with Crippen molar-refractivity contribution in [1.82, 2.24) is 5.16 Å². The molecule has 0 bridgehead atoms. The Morgan fingerprint density at radius 3 is 2.86 bits per heavy atom. The molecule has 2 aliphatic rings. The number of anilines is 1. The van der Waals surface area contributed by atoms with E-state index in [2.05, 4.69) is 35.6 Å². The van der Waals surface area contributed by atoms with Crippen molar-refractivity contribution in [2.75, 3.05) is 5.32 Å². The number of carbonyl (C=O) groups is 1. The minimum atomic E-state index is -0.369. The maximum absolute atomic E-state index is 12.8. The number of hydrogen-bond donors (Lipinski definition) is 1. The van der Waals surface area contributed by atoms with Gasteiger partial charge in [0.25, 0.3) is 0 Å². The zero-order chi connectivity index (χ0) is 15.2. The van der Waals surface area contributed by atoms with Crippen molar-refractivity contribution in [3.05, 3.63) is 46.7 Å². The van der Waals surface area contributed by atoms with Gasteiger partial charge in [0.2, 0.25) is 5.91 Å². The van der Waals surface area contributed by atoms with Gasteiger partial charge in [-0.1, -0.05) is 35.0 Å². The van der Waals surface area contributed by atoms with E-state index >= 15 is 0 Å². The lowest BCUT2D eigenvalue weighted by Crippen LogP contribution is -2.28. The number of aromatic nitrogens is 1. The van der Waals surface area contributed by atoms with Crippen molar-refractivity contribution < 1.29 is 9.32 Å². The summed E-state index contributed by atoms with van der Waals surface area (Å²) in [6.07, 6.45) is 5.97. The number of hydrogen-bond acceptors (Lipinski definition) is 3. The molecular formula is C18H20N2O2. The number of benzene rings is 1. The van der Waals surface area contributed by atoms with Gasteiger partial charge in [-0.25, -0.2) is 0 Å². The smallest absolute Gasteiger partial charge is 0.236 e. The standard InChI is InChI=1S/C18H20N2O2/c1-12-5-4-6-13(11-12)18(9-10-18)17(21)19-16-14-7-2-3-8-15(14)22-20-16/h4-6,11H,2-3,7-10H2,1H3,(H,19,20,21). The molecular weight excluding hydrogens is 276 g/mol. The van der Waals surface area contributed by atoms with Gasteiger partial charge in [0.1, 0.15) is 5.76 Å². The Labute approximate surface area is 129 Å². The van der Waals surface area contributed by atoms with Crippen LogP contribution in [-0.4, -0.2) is 11.1 Å². The zero-order valence-electron chi connectivity index (χ0n) is 12.8. The summed E-state index contributed by atoms with van der Waals surface area (Å²) in [5.41, 5.74) is 3.03. The van der Waals surface area contributed by atoms with E-state index in [1.165, 1.54) is 5.56 Å². The van der Waals surface area contributed by atoms with Gasteiger partial charge < -0.3 is 9.84 Å². The maximum Gasteiger partial charge on any atom is 0.236 e. The third-order valence-electron chi connectivity index (χ3n) is 4.94. The number of nitrogens with one attached hydrogen (secondary N) is 1. The van der Waals surface area contributed by atoms with Gasteiger partial charge in [-0.15, -0.1) is 0 Å². The second-order valence-electron chi connectivity index (χ2n) is 6.55. The van der Waals surface area contributed by atoms with E-state index in [1.54, 1.807) is 0 Å². The molecule has 0 spiro atoms. The first kappa shape index (κ1) is 13.6. The molecule has 0 aliphatic heterocycles. The van der Waals surface area contributed by atoms with Crippen LogP contribution in [0.1, 0.15) is 48.1 Å². The van der Waals surface area contributed by atoms with Crippen molar-refractivity contribution in [3.8, 4) is 0 Å². The number of carbonyl (C=O) groups excluding carboxylic acids is 1. The lowest BCUT2D eigenvalue weighted by molar-refractivity contribution is -0.118. The predicted octanol–water partition coefficient (Wildman–Crippen LogP) is 3.53. The minimum Gasteiger partial charge on any atom is -0.359 e. The topological polar surface area (TPSA) is 55.1 Å². The molecule has 2 aromatic rings. The predicted molar refractivity (Wildman–Crippen MR) is 83.9 cm³/mol. The molecule has 0 atom stereocenters. The summed E-state index contributed by atoms with van der Waals surface area (Å²) in [7, 11) is 0. The van der Waals surface area contributed by atoms with E-state index in [0.29, 0.717) is 5.82 Å². The largest absolute Gasteiger partial charge is 0.359 e. The fourth-order valence-electron chi connectivity index (χ4n) is 3.42. The molecule has 1 heterocycles. The molecule has 1 amide bonds. The van der Waals surface area contributed by atoms with Crippen LogP contribution in [0.4, 0.5) is 5.82 Å². The molecule has 0 radical (unpaired) electrons. The molecule has 1 aromatic carbocycles. The van der Waals surface area contributed by atoms with Crippen LogP contribution in [-0.2, 0) is 23.1 Å². The Hall–Kier alpha value is -2.10. The van der Waals surface area contributed by atoms with Crippen molar-refractivity contribution in [1.29, 1.82) is 0 Å². The third kappa shape index (κ3) is 2.14. The summed E-state index contributed by atoms with van der Waals surface area (Å²) in [5, 5.41) is 7.11. The highest BCUT2D eigenvalue weighted by atomic mass is 16.5. The zero-order valence-corrected chi connectivity index (χ0v) is 12.8. The summed E-state index contributed by atoms with van der Waals surface area (Å²) in [4.78, 5) is 12.8. The van der Waals surface area contributed by atoms with Crippen LogP contribution in [0.25, 0.3) is 0 Å². The number of fused-ring (bicyclic) bond motifs is 1. The van der Waals surface area contributed by atoms with Gasteiger partial charge in [-0.2, -0.15) is 0 Å². The molecule has 22 heavy (non-hydrogen) atoms. The van der Waals surface area contributed by atoms with Crippen LogP contribution in [0, 0.1) is 6.92 Å². The summed E-state index contributed by atoms with van der Waals surface area (Å²) in [6, 6.07) is 8.25. The Morgan fingerprint density at radius 1 is 1.27 bits per heavy atom. The van der Waals surface area contributed by atoms with Crippen LogP contribution in [0.5, 0.6) is 0 Å². The molecule has 1 saturated carbocycles. The quantitative estimate of drug-likeness (QED) is 0.942. The Kier molecular flexibility index (Phi) is 3.06. The highest BCUT2D eigenvalue weighted by Gasteiger charge is 2.51. The van der Waals surface area contributed by atoms with Gasteiger partial charge in [0, 0.05) is 12.0 Å². The first-order chi connectivity index (χ1) is 10.7. The molecule has 1 fully saturated rings. The average molecular weight is 296 g/mol. The number of amides is 1. The van der Waals surface area contributed by atoms with Crippen LogP contribution in [0.2, 0.25) is 0 Å². The van der Waals surface area contributed by atoms with Gasteiger partial charge in [-0.3, -0.25) is 4.79 Å². The van der Waals surface area contributed by atoms with E-state index in [0.717, 1.165) is 55.4 Å². The molecule has 2 aliphatic carbocycles. The fraction of sp³-hybridized carbons (Fsp3) is 0.444. The van der Waals surface area contributed by atoms with Gasteiger partial charge in [-0.05, 0) is 44.6 Å². The average Bonchev–Trinajstić information content (AvgIpc) is 3.25. The Balaban J connectivity index is 1.59. The molecule has 1 aromatic heterocycles. The molecule has 4 nitrogen and oxygen atoms in total. The fourth-order valence-corrected chi connectivity index (χ4v) is 3.42. The van der Waals surface area contributed by atoms with Crippen molar-refractivity contribution in [2.45, 2.75) is 50.9 Å². The van der Waals surface area contributed by atoms with Crippen LogP contribution < -0.4 is 5.32 Å². The molecule has 0 saturated heterocycles. The molecule has 0 unspecified atom stereocenters. The molecule has 4 heteroatoms. The highest BCUT2D eigenvalue weighted by molar-refractivity contribution is 6.01. The van der Waals surface area contributed by atoms with E-state index < -0.39 is 0 Å². The van der Waals surface area contributed by atoms with Crippen molar-refractivity contribution in [3.63, 3.8) is 0 Å². The lowest BCUT2D eigenvalue weighted by Gasteiger charge is -2.16. The van der Waals surface area contributed by atoms with E-state index in [-0.39, 0.29) is 11.3 Å². The SMILES string of the molecule is Cc1cccc(C2(C(=O)Nc3noc4c3CCCC4)CC2)c1. The second kappa shape index (κ2) is 4.97. The van der Waals surface area contributed by atoms with Gasteiger partial charge in [0.15, 0.2) is 5.82 Å². The summed E-state index contributed by atoms with van der Waals surface area (Å²) >= 11 is 0. The second-order valence-corrected chi connectivity index (χ2v) is 6.55. The first-order valence-corrected chi connectivity index (χ1v) is 8.05. The van der Waals surface area contributed by atoms with Crippen LogP contribution >= 0.6 is 0 Å². The van der Waals surface area contributed by atoms with E-state index in [4.69, 9.17) is 4.52 Å². The normalized spacial score (nSPS) is 18.6. The first-order valence-electron chi connectivity index (χ1n) is 8.05. The molecule has 4 rings (SSSR count). The minimum absolute atomic E-state index is 0.0553. The van der Waals surface area contributed by atoms with E-state index in [9.17, 15) is 4.79 Å². The van der Waals surface area contributed by atoms with Crippen molar-refractivity contribution in [2.24, 2.45) is 0 Å². The summed E-state index contributed by atoms with van der Waals surface area (Å²) in [6.45, 7) is 2.06. The van der Waals surface area contributed by atoms with Crippen LogP contribution in [0.15, 0.2) is 28.8 Å². The van der Waals surface area contributed by atoms with Gasteiger partial charge in [0.05, 0.1) is 5.41 Å².